The molecule has 0 radical (unpaired) electrons. The number of nitrogen functional groups attached to an aromatic ring is 1. The number of carboxylic acid groups (broad SMARTS) is 1. The lowest BCUT2D eigenvalue weighted by Crippen LogP contribution is -2.41. The summed E-state index contributed by atoms with van der Waals surface area (Å²) in [6, 6.07) is 4.72. The predicted molar refractivity (Wildman–Crippen MR) is 65.8 cm³/mol. The molecular weight excluding hydrogens is 234 g/mol. The molecule has 4 N–H and O–H groups in total. The minimum absolute atomic E-state index is 0.318. The van der Waals surface area contributed by atoms with Gasteiger partial charge in [-0.1, -0.05) is 6.07 Å². The van der Waals surface area contributed by atoms with Crippen LogP contribution in [0.3, 0.4) is 0 Å². The molecule has 6 heteroatoms. The van der Waals surface area contributed by atoms with E-state index in [0.29, 0.717) is 12.2 Å². The highest BCUT2D eigenvalue weighted by molar-refractivity contribution is 5.81. The van der Waals surface area contributed by atoms with E-state index < -0.39 is 5.97 Å². The lowest BCUT2D eigenvalue weighted by Gasteiger charge is -2.26. The van der Waals surface area contributed by atoms with Crippen LogP contribution in [0.2, 0.25) is 0 Å². The zero-order valence-electron chi connectivity index (χ0n) is 10.0. The molecule has 0 bridgehead atoms. The van der Waals surface area contributed by atoms with Crippen molar-refractivity contribution in [2.75, 3.05) is 12.3 Å². The van der Waals surface area contributed by atoms with Crippen molar-refractivity contribution in [3.63, 3.8) is 0 Å². The van der Waals surface area contributed by atoms with Crippen LogP contribution in [0.5, 0.6) is 0 Å². The van der Waals surface area contributed by atoms with Crippen LogP contribution in [-0.2, 0) is 11.3 Å². The average Bonchev–Trinajstić information content (AvgIpc) is 2.42. The number of fused-ring (bicyclic) bond motifs is 1. The predicted octanol–water partition coefficient (Wildman–Crippen LogP) is 0.940. The van der Waals surface area contributed by atoms with Crippen molar-refractivity contribution in [2.45, 2.75) is 19.5 Å². The lowest BCUT2D eigenvalue weighted by molar-refractivity contribution is -0.138. The van der Waals surface area contributed by atoms with E-state index in [2.05, 4.69) is 5.32 Å². The number of carbonyl (C=O) groups excluding carboxylic acids is 1. The molecule has 1 atom stereocenters. The average molecular weight is 249 g/mol. The fraction of sp³-hybridized carbons (Fsp3) is 0.333. The largest absolute Gasteiger partial charge is 0.480 e. The van der Waals surface area contributed by atoms with E-state index in [-0.39, 0.29) is 18.6 Å². The molecule has 0 aliphatic carbocycles. The van der Waals surface area contributed by atoms with E-state index in [4.69, 9.17) is 10.8 Å². The maximum atomic E-state index is 11.8. The number of anilines is 1. The molecule has 18 heavy (non-hydrogen) atoms. The van der Waals surface area contributed by atoms with Gasteiger partial charge in [0.25, 0.3) is 0 Å². The molecule has 1 aliphatic rings. The first-order valence-corrected chi connectivity index (χ1v) is 5.63. The number of rotatable bonds is 2. The third-order valence-electron chi connectivity index (χ3n) is 3.08. The summed E-state index contributed by atoms with van der Waals surface area (Å²) in [6.45, 7) is 1.85. The molecule has 0 aromatic heterocycles. The zero-order chi connectivity index (χ0) is 13.3. The van der Waals surface area contributed by atoms with E-state index in [1.165, 1.54) is 4.90 Å². The summed E-state index contributed by atoms with van der Waals surface area (Å²) in [5, 5.41) is 11.5. The van der Waals surface area contributed by atoms with Gasteiger partial charge in [-0.05, 0) is 30.2 Å². The van der Waals surface area contributed by atoms with Crippen LogP contribution in [0, 0.1) is 0 Å². The van der Waals surface area contributed by atoms with E-state index in [1.807, 2.05) is 6.07 Å². The van der Waals surface area contributed by atoms with Gasteiger partial charge in [-0.2, -0.15) is 0 Å². The first-order chi connectivity index (χ1) is 8.49. The Morgan fingerprint density at radius 3 is 3.00 bits per heavy atom. The number of amides is 2. The van der Waals surface area contributed by atoms with E-state index >= 15 is 0 Å². The van der Waals surface area contributed by atoms with Crippen molar-refractivity contribution in [3.05, 3.63) is 29.3 Å². The third kappa shape index (κ3) is 2.22. The van der Waals surface area contributed by atoms with Crippen molar-refractivity contribution < 1.29 is 14.7 Å². The monoisotopic (exact) mass is 249 g/mol. The SMILES string of the molecule is CC1c2cc(N)ccc2CNC(=O)N1CC(=O)O. The summed E-state index contributed by atoms with van der Waals surface area (Å²) in [7, 11) is 0. The van der Waals surface area contributed by atoms with Crippen LogP contribution in [-0.4, -0.2) is 28.6 Å². The number of carboxylic acids is 1. The van der Waals surface area contributed by atoms with Gasteiger partial charge in [-0.25, -0.2) is 4.79 Å². The summed E-state index contributed by atoms with van der Waals surface area (Å²) in [5.41, 5.74) is 8.18. The number of hydrogen-bond acceptors (Lipinski definition) is 3. The van der Waals surface area contributed by atoms with Crippen LogP contribution in [0.4, 0.5) is 10.5 Å². The zero-order valence-corrected chi connectivity index (χ0v) is 10.0. The lowest BCUT2D eigenvalue weighted by atomic mass is 10.0. The van der Waals surface area contributed by atoms with E-state index in [1.54, 1.807) is 19.1 Å². The molecule has 2 amide bonds. The maximum Gasteiger partial charge on any atom is 0.323 e. The van der Waals surface area contributed by atoms with Crippen LogP contribution in [0.1, 0.15) is 24.1 Å². The summed E-state index contributed by atoms with van der Waals surface area (Å²) in [6.07, 6.45) is 0. The molecule has 0 saturated heterocycles. The Kier molecular flexibility index (Phi) is 3.10. The maximum absolute atomic E-state index is 11.8. The number of aliphatic carboxylic acids is 1. The van der Waals surface area contributed by atoms with Crippen LogP contribution in [0.25, 0.3) is 0 Å². The standard InChI is InChI=1S/C12H15N3O3/c1-7-10-4-9(13)3-2-8(10)5-14-12(18)15(7)6-11(16)17/h2-4,7H,5-6,13H2,1H3,(H,14,18)(H,16,17). The van der Waals surface area contributed by atoms with Crippen LogP contribution in [0.15, 0.2) is 18.2 Å². The summed E-state index contributed by atoms with van der Waals surface area (Å²) < 4.78 is 0. The summed E-state index contributed by atoms with van der Waals surface area (Å²) >= 11 is 0. The number of hydrogen-bond donors (Lipinski definition) is 3. The first-order valence-electron chi connectivity index (χ1n) is 5.63. The van der Waals surface area contributed by atoms with Gasteiger partial charge in [0, 0.05) is 12.2 Å². The van der Waals surface area contributed by atoms with Crippen LogP contribution >= 0.6 is 0 Å². The number of urea groups is 1. The first kappa shape index (κ1) is 12.2. The minimum atomic E-state index is -1.04. The third-order valence-corrected chi connectivity index (χ3v) is 3.08. The van der Waals surface area contributed by atoms with Crippen molar-refractivity contribution in [3.8, 4) is 0 Å². The molecule has 1 aliphatic heterocycles. The Bertz CT molecular complexity index is 501. The normalized spacial score (nSPS) is 18.8. The Morgan fingerprint density at radius 2 is 2.33 bits per heavy atom. The molecule has 0 saturated carbocycles. The van der Waals surface area contributed by atoms with Crippen molar-refractivity contribution in [1.82, 2.24) is 10.2 Å². The Hall–Kier alpha value is -2.24. The Morgan fingerprint density at radius 1 is 1.61 bits per heavy atom. The highest BCUT2D eigenvalue weighted by Crippen LogP contribution is 2.28. The number of nitrogens with zero attached hydrogens (tertiary/aromatic N) is 1. The number of benzene rings is 1. The second kappa shape index (κ2) is 4.56. The molecule has 1 heterocycles. The summed E-state index contributed by atoms with van der Waals surface area (Å²) in [4.78, 5) is 23.9. The fourth-order valence-electron chi connectivity index (χ4n) is 2.13. The van der Waals surface area contributed by atoms with E-state index in [0.717, 1.165) is 11.1 Å². The molecule has 96 valence electrons. The highest BCUT2D eigenvalue weighted by atomic mass is 16.4. The molecule has 1 unspecified atom stereocenters. The molecule has 1 aromatic rings. The van der Waals surface area contributed by atoms with Gasteiger partial charge in [0.15, 0.2) is 0 Å². The van der Waals surface area contributed by atoms with Crippen molar-refractivity contribution in [2.24, 2.45) is 0 Å². The second-order valence-electron chi connectivity index (χ2n) is 4.31. The van der Waals surface area contributed by atoms with Gasteiger partial charge in [-0.15, -0.1) is 0 Å². The van der Waals surface area contributed by atoms with Gasteiger partial charge >= 0.3 is 12.0 Å². The van der Waals surface area contributed by atoms with Gasteiger partial charge in [-0.3, -0.25) is 4.79 Å². The smallest absolute Gasteiger partial charge is 0.323 e. The summed E-state index contributed by atoms with van der Waals surface area (Å²) in [5.74, 6) is -1.04. The fourth-order valence-corrected chi connectivity index (χ4v) is 2.13. The van der Waals surface area contributed by atoms with Gasteiger partial charge in [0.1, 0.15) is 6.54 Å². The van der Waals surface area contributed by atoms with Gasteiger partial charge < -0.3 is 21.1 Å². The van der Waals surface area contributed by atoms with Gasteiger partial charge in [0.2, 0.25) is 0 Å². The topological polar surface area (TPSA) is 95.7 Å². The van der Waals surface area contributed by atoms with Crippen LogP contribution < -0.4 is 11.1 Å². The highest BCUT2D eigenvalue weighted by Gasteiger charge is 2.28. The molecule has 6 nitrogen and oxygen atoms in total. The quantitative estimate of drug-likeness (QED) is 0.680. The Labute approximate surface area is 104 Å². The van der Waals surface area contributed by atoms with Crippen molar-refractivity contribution in [1.29, 1.82) is 0 Å². The molecule has 2 rings (SSSR count). The van der Waals surface area contributed by atoms with Gasteiger partial charge in [0.05, 0.1) is 6.04 Å². The number of carbonyl (C=O) groups is 2. The molecule has 0 spiro atoms. The van der Waals surface area contributed by atoms with Crippen molar-refractivity contribution >= 4 is 17.7 Å². The second-order valence-corrected chi connectivity index (χ2v) is 4.31. The molecule has 1 aromatic carbocycles. The Balaban J connectivity index is 2.40. The molecule has 0 fully saturated rings. The minimum Gasteiger partial charge on any atom is -0.480 e. The molecular formula is C12H15N3O3. The number of nitrogens with one attached hydrogen (secondary N) is 1. The van der Waals surface area contributed by atoms with E-state index in [9.17, 15) is 9.59 Å². The number of nitrogens with two attached hydrogens (primary N) is 1.